The van der Waals surface area contributed by atoms with Crippen LogP contribution in [0.25, 0.3) is 0 Å². The van der Waals surface area contributed by atoms with Gasteiger partial charge < -0.3 is 9.47 Å². The zero-order chi connectivity index (χ0) is 31.9. The fourth-order valence-corrected chi connectivity index (χ4v) is 4.46. The molecule has 0 aromatic heterocycles. The third-order valence-corrected chi connectivity index (χ3v) is 6.60. The number of rotatable bonds is 14. The van der Waals surface area contributed by atoms with Crippen LogP contribution in [0.1, 0.15) is 13.8 Å². The number of esters is 2. The van der Waals surface area contributed by atoms with Crippen molar-refractivity contribution in [3.8, 4) is 0 Å². The van der Waals surface area contributed by atoms with E-state index in [9.17, 15) is 19.2 Å². The van der Waals surface area contributed by atoms with Gasteiger partial charge in [-0.05, 0) is 56.3 Å². The van der Waals surface area contributed by atoms with Crippen LogP contribution < -0.4 is 19.6 Å². The van der Waals surface area contributed by atoms with Crippen molar-refractivity contribution in [3.63, 3.8) is 0 Å². The Morgan fingerprint density at radius 2 is 0.932 bits per heavy atom. The number of benzene rings is 3. The predicted octanol–water partition coefficient (Wildman–Crippen LogP) is 6.05. The third-order valence-electron chi connectivity index (χ3n) is 6.60. The van der Waals surface area contributed by atoms with Crippen molar-refractivity contribution in [2.45, 2.75) is 13.8 Å². The molecule has 230 valence electrons. The van der Waals surface area contributed by atoms with E-state index in [1.807, 2.05) is 50.2 Å². The summed E-state index contributed by atoms with van der Waals surface area (Å²) in [7, 11) is 0. The van der Waals surface area contributed by atoms with Crippen LogP contribution in [0.15, 0.2) is 110 Å². The fourth-order valence-electron chi connectivity index (χ4n) is 4.46. The van der Waals surface area contributed by atoms with E-state index in [0.29, 0.717) is 35.8 Å². The lowest BCUT2D eigenvalue weighted by molar-refractivity contribution is -0.138. The van der Waals surface area contributed by atoms with E-state index < -0.39 is 11.9 Å². The normalized spacial score (nSPS) is 10.2. The molecular formula is C34H38N4O6. The Hall–Kier alpha value is -5.38. The van der Waals surface area contributed by atoms with Gasteiger partial charge in [0.2, 0.25) is 0 Å². The van der Waals surface area contributed by atoms with Crippen LogP contribution in [0.2, 0.25) is 0 Å². The van der Waals surface area contributed by atoms with Crippen LogP contribution in [0.3, 0.4) is 0 Å². The summed E-state index contributed by atoms with van der Waals surface area (Å²) in [5, 5.41) is 0. The van der Waals surface area contributed by atoms with Gasteiger partial charge in [-0.3, -0.25) is 19.6 Å². The van der Waals surface area contributed by atoms with E-state index >= 15 is 0 Å². The van der Waals surface area contributed by atoms with Crippen LogP contribution in [-0.4, -0.2) is 63.4 Å². The van der Waals surface area contributed by atoms with Crippen molar-refractivity contribution < 1.29 is 28.7 Å². The van der Waals surface area contributed by atoms with Gasteiger partial charge in [0.25, 0.3) is 0 Å². The van der Waals surface area contributed by atoms with Crippen molar-refractivity contribution in [1.29, 1.82) is 0 Å². The Kier molecular flexibility index (Phi) is 12.7. The Morgan fingerprint density at radius 1 is 0.568 bits per heavy atom. The predicted molar refractivity (Wildman–Crippen MR) is 173 cm³/mol. The molecule has 0 bridgehead atoms. The quantitative estimate of drug-likeness (QED) is 0.165. The highest BCUT2D eigenvalue weighted by Crippen LogP contribution is 2.27. The summed E-state index contributed by atoms with van der Waals surface area (Å²) in [6.07, 6.45) is 2.15. The highest BCUT2D eigenvalue weighted by Gasteiger charge is 2.26. The van der Waals surface area contributed by atoms with Gasteiger partial charge in [-0.25, -0.2) is 19.2 Å². The first-order valence-electron chi connectivity index (χ1n) is 14.3. The number of nitrogens with zero attached hydrogens (tertiary/aromatic N) is 4. The molecule has 0 fully saturated rings. The maximum Gasteiger partial charge on any atom is 0.330 e. The number of anilines is 4. The molecular weight excluding hydrogens is 560 g/mol. The summed E-state index contributed by atoms with van der Waals surface area (Å²) in [5.74, 6) is -1.14. The van der Waals surface area contributed by atoms with Crippen LogP contribution in [0.4, 0.5) is 32.3 Å². The zero-order valence-corrected chi connectivity index (χ0v) is 25.1. The molecule has 0 heterocycles. The molecule has 0 aliphatic rings. The van der Waals surface area contributed by atoms with E-state index in [0.717, 1.165) is 12.2 Å². The maximum absolute atomic E-state index is 14.0. The fraction of sp³-hybridized carbons (Fsp3) is 0.235. The Balaban J connectivity index is 1.90. The van der Waals surface area contributed by atoms with E-state index in [1.54, 1.807) is 58.3 Å². The van der Waals surface area contributed by atoms with E-state index in [2.05, 4.69) is 13.2 Å². The first-order valence-corrected chi connectivity index (χ1v) is 14.3. The van der Waals surface area contributed by atoms with Crippen molar-refractivity contribution in [2.75, 3.05) is 59.0 Å². The molecule has 0 N–H and O–H groups in total. The second kappa shape index (κ2) is 16.9. The highest BCUT2D eigenvalue weighted by atomic mass is 16.5. The largest absolute Gasteiger partial charge is 0.461 e. The van der Waals surface area contributed by atoms with Crippen molar-refractivity contribution in [3.05, 3.63) is 110 Å². The SMILES string of the molecule is C=CC(=O)OCCN(C(=O)N(CC)c1cccc(N(CC)C(=O)N(CCOC(=O)C=C)c2ccccc2)c1)c1ccccc1. The molecule has 0 aliphatic heterocycles. The molecule has 10 nitrogen and oxygen atoms in total. The summed E-state index contributed by atoms with van der Waals surface area (Å²) in [6, 6.07) is 24.7. The van der Waals surface area contributed by atoms with Crippen LogP contribution >= 0.6 is 0 Å². The van der Waals surface area contributed by atoms with Crippen molar-refractivity contribution >= 4 is 46.8 Å². The lowest BCUT2D eigenvalue weighted by atomic mass is 10.2. The van der Waals surface area contributed by atoms with Gasteiger partial charge in [0.15, 0.2) is 0 Å². The van der Waals surface area contributed by atoms with Gasteiger partial charge in [-0.2, -0.15) is 0 Å². The number of hydrogen-bond donors (Lipinski definition) is 0. The summed E-state index contributed by atoms with van der Waals surface area (Å²) in [6.45, 7) is 11.4. The molecule has 0 spiro atoms. The minimum Gasteiger partial charge on any atom is -0.461 e. The second-order valence-corrected chi connectivity index (χ2v) is 9.29. The molecule has 3 rings (SSSR count). The molecule has 10 heteroatoms. The zero-order valence-electron chi connectivity index (χ0n) is 25.1. The molecule has 44 heavy (non-hydrogen) atoms. The summed E-state index contributed by atoms with van der Waals surface area (Å²) in [4.78, 5) is 57.4. The molecule has 0 aliphatic carbocycles. The maximum atomic E-state index is 14.0. The molecule has 3 aromatic carbocycles. The summed E-state index contributed by atoms with van der Waals surface area (Å²) < 4.78 is 10.3. The number of para-hydroxylation sites is 2. The third kappa shape index (κ3) is 8.81. The first-order chi connectivity index (χ1) is 21.3. The van der Waals surface area contributed by atoms with Gasteiger partial charge in [-0.15, -0.1) is 0 Å². The van der Waals surface area contributed by atoms with Gasteiger partial charge >= 0.3 is 24.0 Å². The van der Waals surface area contributed by atoms with Gasteiger partial charge in [-0.1, -0.05) is 55.6 Å². The molecule has 0 unspecified atom stereocenters. The van der Waals surface area contributed by atoms with Crippen molar-refractivity contribution in [2.24, 2.45) is 0 Å². The lowest BCUT2D eigenvalue weighted by Crippen LogP contribution is -2.46. The number of amides is 4. The Labute approximate surface area is 258 Å². The molecule has 0 radical (unpaired) electrons. The van der Waals surface area contributed by atoms with E-state index in [-0.39, 0.29) is 38.4 Å². The standard InChI is InChI=1S/C34H38N4O6/c1-5-31(39)43-24-22-37(27-16-11-9-12-17-27)33(41)35(7-3)29-20-15-21-30(26-29)36(8-4)34(42)38(23-25-44-32(40)6-2)28-18-13-10-14-19-28/h5-6,9-21,26H,1-2,7-8,22-25H2,3-4H3. The first kappa shape index (κ1) is 33.1. The van der Waals surface area contributed by atoms with Crippen LogP contribution in [0, 0.1) is 0 Å². The van der Waals surface area contributed by atoms with Gasteiger partial charge in [0, 0.05) is 48.0 Å². The van der Waals surface area contributed by atoms with E-state index in [4.69, 9.17) is 9.47 Å². The molecule has 0 saturated heterocycles. The monoisotopic (exact) mass is 598 g/mol. The molecule has 0 atom stereocenters. The Bertz CT molecular complexity index is 1330. The smallest absolute Gasteiger partial charge is 0.330 e. The lowest BCUT2D eigenvalue weighted by Gasteiger charge is -2.32. The van der Waals surface area contributed by atoms with Crippen LogP contribution in [-0.2, 0) is 19.1 Å². The number of carbonyl (C=O) groups is 4. The molecule has 4 amide bonds. The minimum absolute atomic E-state index is 0.0153. The topological polar surface area (TPSA) is 99.7 Å². The minimum atomic E-state index is -0.571. The number of hydrogen-bond acceptors (Lipinski definition) is 6. The number of urea groups is 2. The number of carbonyl (C=O) groups excluding carboxylic acids is 4. The molecule has 3 aromatic rings. The van der Waals surface area contributed by atoms with Crippen molar-refractivity contribution in [1.82, 2.24) is 0 Å². The summed E-state index contributed by atoms with van der Waals surface area (Å²) in [5.41, 5.74) is 2.44. The highest BCUT2D eigenvalue weighted by molar-refractivity contribution is 6.06. The average Bonchev–Trinajstić information content (AvgIpc) is 3.06. The van der Waals surface area contributed by atoms with Crippen LogP contribution in [0.5, 0.6) is 0 Å². The Morgan fingerprint density at radius 3 is 1.27 bits per heavy atom. The van der Waals surface area contributed by atoms with Gasteiger partial charge in [0.05, 0.1) is 13.1 Å². The average molecular weight is 599 g/mol. The molecule has 0 saturated carbocycles. The second-order valence-electron chi connectivity index (χ2n) is 9.29. The summed E-state index contributed by atoms with van der Waals surface area (Å²) >= 11 is 0. The number of ether oxygens (including phenoxy) is 2. The van der Waals surface area contributed by atoms with E-state index in [1.165, 1.54) is 9.80 Å². The van der Waals surface area contributed by atoms with Gasteiger partial charge in [0.1, 0.15) is 13.2 Å².